The fourth-order valence-electron chi connectivity index (χ4n) is 1.91. The van der Waals surface area contributed by atoms with Crippen molar-refractivity contribution in [3.8, 4) is 5.75 Å². The average Bonchev–Trinajstić information content (AvgIpc) is 3.41. The molecular weight excluding hydrogens is 368 g/mol. The quantitative estimate of drug-likeness (QED) is 0.562. The molecule has 146 valence electrons. The van der Waals surface area contributed by atoms with Crippen molar-refractivity contribution in [2.75, 3.05) is 13.2 Å². The number of esters is 1. The zero-order valence-corrected chi connectivity index (χ0v) is 14.0. The van der Waals surface area contributed by atoms with Crippen LogP contribution in [0.5, 0.6) is 5.75 Å². The second kappa shape index (κ2) is 9.46. The van der Waals surface area contributed by atoms with Crippen molar-refractivity contribution < 1.29 is 37.4 Å². The maximum Gasteiger partial charge on any atom is 0.387 e. The number of rotatable bonds is 8. The van der Waals surface area contributed by atoms with E-state index in [0.29, 0.717) is 0 Å². The lowest BCUT2D eigenvalue weighted by molar-refractivity contribution is -0.147. The lowest BCUT2D eigenvalue weighted by Gasteiger charge is -2.11. The van der Waals surface area contributed by atoms with Gasteiger partial charge in [-0.05, 0) is 25.0 Å². The minimum atomic E-state index is -3.11. The Morgan fingerprint density at radius 2 is 1.85 bits per heavy atom. The Labute approximate surface area is 152 Å². The topological polar surface area (TPSA) is 123 Å². The summed E-state index contributed by atoms with van der Waals surface area (Å²) in [6.07, 6.45) is 1.70. The van der Waals surface area contributed by atoms with Gasteiger partial charge in [0.25, 0.3) is 11.8 Å². The van der Waals surface area contributed by atoms with Crippen LogP contribution in [0, 0.1) is 0 Å². The molecule has 0 unspecified atom stereocenters. The van der Waals surface area contributed by atoms with Gasteiger partial charge in [0.05, 0.1) is 5.56 Å². The number of para-hydroxylation sites is 1. The Morgan fingerprint density at radius 1 is 1.15 bits per heavy atom. The molecule has 0 bridgehead atoms. The van der Waals surface area contributed by atoms with Crippen molar-refractivity contribution in [3.05, 3.63) is 29.8 Å². The molecule has 1 fully saturated rings. The van der Waals surface area contributed by atoms with Crippen molar-refractivity contribution in [2.45, 2.75) is 25.5 Å². The van der Waals surface area contributed by atoms with E-state index in [1.807, 2.05) is 5.32 Å². The molecule has 0 spiro atoms. The van der Waals surface area contributed by atoms with Gasteiger partial charge in [-0.3, -0.25) is 19.7 Å². The summed E-state index contributed by atoms with van der Waals surface area (Å²) >= 11 is 0. The van der Waals surface area contributed by atoms with Gasteiger partial charge in [0.2, 0.25) is 0 Å². The standard InChI is InChI=1S/C16H17F2N3O6/c17-15(18)27-11-4-2-1-3-10(11)14(24)19-7-13(23)26-8-12(22)21-16(25)20-9-5-6-9/h1-4,9,15H,5-8H2,(H,19,24)(H2,20,21,22,25). The summed E-state index contributed by atoms with van der Waals surface area (Å²) < 4.78 is 33.5. The first-order valence-corrected chi connectivity index (χ1v) is 7.93. The molecule has 0 aliphatic heterocycles. The first-order valence-electron chi connectivity index (χ1n) is 7.93. The molecule has 1 aliphatic rings. The number of imide groups is 1. The lowest BCUT2D eigenvalue weighted by atomic mass is 10.2. The van der Waals surface area contributed by atoms with Gasteiger partial charge in [-0.2, -0.15) is 8.78 Å². The van der Waals surface area contributed by atoms with Crippen molar-refractivity contribution in [1.82, 2.24) is 16.0 Å². The molecular formula is C16H17F2N3O6. The number of hydrogen-bond donors (Lipinski definition) is 3. The summed E-state index contributed by atoms with van der Waals surface area (Å²) in [5, 5.41) is 6.66. The smallest absolute Gasteiger partial charge is 0.387 e. The van der Waals surface area contributed by atoms with Crippen LogP contribution in [-0.4, -0.2) is 49.6 Å². The average molecular weight is 385 g/mol. The van der Waals surface area contributed by atoms with Gasteiger partial charge < -0.3 is 20.1 Å². The number of hydrogen-bond acceptors (Lipinski definition) is 6. The minimum Gasteiger partial charge on any atom is -0.454 e. The third-order valence-electron chi connectivity index (χ3n) is 3.27. The number of urea groups is 1. The molecule has 0 heterocycles. The molecule has 9 nitrogen and oxygen atoms in total. The van der Waals surface area contributed by atoms with Crippen molar-refractivity contribution in [1.29, 1.82) is 0 Å². The van der Waals surface area contributed by atoms with E-state index < -0.39 is 43.6 Å². The van der Waals surface area contributed by atoms with Crippen LogP contribution in [0.25, 0.3) is 0 Å². The molecule has 1 aromatic rings. The summed E-state index contributed by atoms with van der Waals surface area (Å²) in [7, 11) is 0. The summed E-state index contributed by atoms with van der Waals surface area (Å²) in [4.78, 5) is 46.3. The van der Waals surface area contributed by atoms with E-state index in [-0.39, 0.29) is 17.4 Å². The number of carbonyl (C=O) groups excluding carboxylic acids is 4. The highest BCUT2D eigenvalue weighted by atomic mass is 19.3. The van der Waals surface area contributed by atoms with Crippen LogP contribution < -0.4 is 20.7 Å². The minimum absolute atomic E-state index is 0.0625. The van der Waals surface area contributed by atoms with Crippen molar-refractivity contribution in [2.24, 2.45) is 0 Å². The summed E-state index contributed by atoms with van der Waals surface area (Å²) in [5.74, 6) is -2.97. The Bertz CT molecular complexity index is 724. The third-order valence-corrected chi connectivity index (χ3v) is 3.27. The first-order chi connectivity index (χ1) is 12.8. The zero-order valence-electron chi connectivity index (χ0n) is 14.0. The van der Waals surface area contributed by atoms with E-state index in [0.717, 1.165) is 12.8 Å². The highest BCUT2D eigenvalue weighted by Crippen LogP contribution is 2.20. The number of benzene rings is 1. The molecule has 1 aliphatic carbocycles. The van der Waals surface area contributed by atoms with Crippen LogP contribution >= 0.6 is 0 Å². The molecule has 1 aromatic carbocycles. The number of alkyl halides is 2. The van der Waals surface area contributed by atoms with Crippen LogP contribution in [0.3, 0.4) is 0 Å². The fraction of sp³-hybridized carbons (Fsp3) is 0.375. The normalized spacial score (nSPS) is 12.9. The van der Waals surface area contributed by atoms with Crippen LogP contribution in [0.4, 0.5) is 13.6 Å². The van der Waals surface area contributed by atoms with E-state index in [1.165, 1.54) is 24.3 Å². The van der Waals surface area contributed by atoms with Gasteiger partial charge >= 0.3 is 18.6 Å². The van der Waals surface area contributed by atoms with Gasteiger partial charge in [-0.25, -0.2) is 4.79 Å². The monoisotopic (exact) mass is 385 g/mol. The van der Waals surface area contributed by atoms with Gasteiger partial charge in [0, 0.05) is 6.04 Å². The molecule has 27 heavy (non-hydrogen) atoms. The van der Waals surface area contributed by atoms with E-state index in [1.54, 1.807) is 0 Å². The second-order valence-corrected chi connectivity index (χ2v) is 5.51. The molecule has 11 heteroatoms. The van der Waals surface area contributed by atoms with Crippen molar-refractivity contribution in [3.63, 3.8) is 0 Å². The largest absolute Gasteiger partial charge is 0.454 e. The van der Waals surface area contributed by atoms with Crippen molar-refractivity contribution >= 4 is 23.8 Å². The molecule has 4 amide bonds. The molecule has 0 aromatic heterocycles. The number of amides is 4. The predicted molar refractivity (Wildman–Crippen MR) is 86.1 cm³/mol. The van der Waals surface area contributed by atoms with Gasteiger partial charge in [0.15, 0.2) is 6.61 Å². The molecule has 0 atom stereocenters. The second-order valence-electron chi connectivity index (χ2n) is 5.51. The van der Waals surface area contributed by atoms with Crippen LogP contribution in [-0.2, 0) is 14.3 Å². The van der Waals surface area contributed by atoms with E-state index in [4.69, 9.17) is 0 Å². The Hall–Kier alpha value is -3.24. The molecule has 0 saturated heterocycles. The fourth-order valence-corrected chi connectivity index (χ4v) is 1.91. The Balaban J connectivity index is 1.72. The molecule has 3 N–H and O–H groups in total. The SMILES string of the molecule is O=C(COC(=O)CNC(=O)c1ccccc1OC(F)F)NC(=O)NC1CC1. The molecule has 2 rings (SSSR count). The predicted octanol–water partition coefficient (Wildman–Crippen LogP) is 0.549. The maximum absolute atomic E-state index is 12.3. The van der Waals surface area contributed by atoms with Crippen LogP contribution in [0.2, 0.25) is 0 Å². The Morgan fingerprint density at radius 3 is 2.52 bits per heavy atom. The maximum atomic E-state index is 12.3. The summed E-state index contributed by atoms with van der Waals surface area (Å²) in [6.45, 7) is -4.43. The number of nitrogens with one attached hydrogen (secondary N) is 3. The number of carbonyl (C=O) groups is 4. The van der Waals surface area contributed by atoms with E-state index >= 15 is 0 Å². The highest BCUT2D eigenvalue weighted by Gasteiger charge is 2.24. The Kier molecular flexibility index (Phi) is 7.03. The highest BCUT2D eigenvalue weighted by molar-refractivity contribution is 5.99. The third kappa shape index (κ3) is 7.26. The van der Waals surface area contributed by atoms with E-state index in [2.05, 4.69) is 20.1 Å². The zero-order chi connectivity index (χ0) is 19.8. The van der Waals surface area contributed by atoms with Gasteiger partial charge in [0.1, 0.15) is 12.3 Å². The number of halogens is 2. The lowest BCUT2D eigenvalue weighted by Crippen LogP contribution is -2.42. The van der Waals surface area contributed by atoms with Crippen LogP contribution in [0.1, 0.15) is 23.2 Å². The first kappa shape index (κ1) is 20.1. The summed E-state index contributed by atoms with van der Waals surface area (Å²) in [5.41, 5.74) is -0.194. The number of ether oxygens (including phenoxy) is 2. The van der Waals surface area contributed by atoms with Gasteiger partial charge in [-0.1, -0.05) is 12.1 Å². The molecule has 1 saturated carbocycles. The van der Waals surface area contributed by atoms with E-state index in [9.17, 15) is 28.0 Å². The summed E-state index contributed by atoms with van der Waals surface area (Å²) in [6, 6.07) is 4.64. The molecule has 0 radical (unpaired) electrons. The van der Waals surface area contributed by atoms with Gasteiger partial charge in [-0.15, -0.1) is 0 Å². The van der Waals surface area contributed by atoms with Crippen LogP contribution in [0.15, 0.2) is 24.3 Å².